The summed E-state index contributed by atoms with van der Waals surface area (Å²) >= 11 is 7.50. The monoisotopic (exact) mass is 458 g/mol. The number of thioether (sulfide) groups is 1. The number of carbonyl (C=O) groups excluding carboxylic acids is 1. The first-order chi connectivity index (χ1) is 13.7. The van der Waals surface area contributed by atoms with Crippen LogP contribution < -0.4 is 9.62 Å². The van der Waals surface area contributed by atoms with Crippen LogP contribution in [0.4, 0.5) is 10.1 Å². The molecule has 2 rings (SSSR count). The highest BCUT2D eigenvalue weighted by Crippen LogP contribution is 2.24. The number of sulfonamides is 1. The summed E-state index contributed by atoms with van der Waals surface area (Å²) in [6.45, 7) is 2.11. The average molecular weight is 459 g/mol. The molecule has 0 saturated heterocycles. The van der Waals surface area contributed by atoms with Crippen LogP contribution in [-0.2, 0) is 20.6 Å². The van der Waals surface area contributed by atoms with E-state index in [0.717, 1.165) is 34.6 Å². The number of halogens is 2. The Kier molecular flexibility index (Phi) is 8.79. The Morgan fingerprint density at radius 3 is 2.52 bits per heavy atom. The summed E-state index contributed by atoms with van der Waals surface area (Å²) in [5, 5.41) is 2.52. The van der Waals surface area contributed by atoms with Crippen LogP contribution in [0.3, 0.4) is 0 Å². The molecule has 0 aromatic heterocycles. The maximum absolute atomic E-state index is 13.3. The van der Waals surface area contributed by atoms with Crippen molar-refractivity contribution in [2.75, 3.05) is 29.4 Å². The van der Waals surface area contributed by atoms with E-state index in [1.165, 1.54) is 23.3 Å². The molecule has 2 aromatic rings. The van der Waals surface area contributed by atoms with Crippen molar-refractivity contribution in [3.8, 4) is 0 Å². The molecule has 1 N–H and O–H groups in total. The molecule has 29 heavy (non-hydrogen) atoms. The number of amides is 1. The third kappa shape index (κ3) is 7.87. The highest BCUT2D eigenvalue weighted by molar-refractivity contribution is 7.98. The Hall–Kier alpha value is -1.77. The van der Waals surface area contributed by atoms with Crippen LogP contribution in [0.1, 0.15) is 17.5 Å². The highest BCUT2D eigenvalue weighted by Gasteiger charge is 2.21. The molecule has 0 aliphatic rings. The first-order valence-electron chi connectivity index (χ1n) is 8.99. The number of rotatable bonds is 10. The SMILES string of the molecule is Cc1ccc(CSCCCNC(=O)CN(c2ccc(F)c(Cl)c2)S(C)(=O)=O)cc1. The maximum atomic E-state index is 13.3. The molecule has 0 spiro atoms. The van der Waals surface area contributed by atoms with Crippen molar-refractivity contribution in [1.29, 1.82) is 0 Å². The zero-order chi connectivity index (χ0) is 21.4. The molecular formula is C20H24ClFN2O3S2. The van der Waals surface area contributed by atoms with Crippen LogP contribution in [0.2, 0.25) is 5.02 Å². The number of hydrogen-bond acceptors (Lipinski definition) is 4. The number of aryl methyl sites for hydroxylation is 1. The van der Waals surface area contributed by atoms with Gasteiger partial charge < -0.3 is 5.32 Å². The second-order valence-electron chi connectivity index (χ2n) is 6.61. The Balaban J connectivity index is 1.78. The summed E-state index contributed by atoms with van der Waals surface area (Å²) < 4.78 is 38.3. The first-order valence-corrected chi connectivity index (χ1v) is 12.4. The minimum absolute atomic E-state index is 0.141. The van der Waals surface area contributed by atoms with Crippen molar-refractivity contribution in [2.45, 2.75) is 19.1 Å². The quantitative estimate of drug-likeness (QED) is 0.546. The Morgan fingerprint density at radius 1 is 1.21 bits per heavy atom. The van der Waals surface area contributed by atoms with Gasteiger partial charge in [0.05, 0.1) is 17.0 Å². The largest absolute Gasteiger partial charge is 0.354 e. The molecule has 0 unspecified atom stereocenters. The van der Waals surface area contributed by atoms with Gasteiger partial charge in [0.15, 0.2) is 0 Å². The lowest BCUT2D eigenvalue weighted by molar-refractivity contribution is -0.119. The van der Waals surface area contributed by atoms with E-state index in [0.29, 0.717) is 6.54 Å². The van der Waals surface area contributed by atoms with Crippen molar-refractivity contribution in [2.24, 2.45) is 0 Å². The number of benzene rings is 2. The molecule has 5 nitrogen and oxygen atoms in total. The molecule has 9 heteroatoms. The summed E-state index contributed by atoms with van der Waals surface area (Å²) in [6, 6.07) is 11.9. The molecule has 0 radical (unpaired) electrons. The molecule has 0 saturated carbocycles. The number of carbonyl (C=O) groups is 1. The Labute approximate surface area is 180 Å². The second-order valence-corrected chi connectivity index (χ2v) is 10.0. The fourth-order valence-electron chi connectivity index (χ4n) is 2.50. The summed E-state index contributed by atoms with van der Waals surface area (Å²) in [5.74, 6) is 0.690. The van der Waals surface area contributed by atoms with Crippen LogP contribution in [0.25, 0.3) is 0 Å². The zero-order valence-electron chi connectivity index (χ0n) is 16.3. The lowest BCUT2D eigenvalue weighted by Crippen LogP contribution is -2.40. The highest BCUT2D eigenvalue weighted by atomic mass is 35.5. The maximum Gasteiger partial charge on any atom is 0.240 e. The first kappa shape index (κ1) is 23.5. The molecule has 0 bridgehead atoms. The average Bonchev–Trinajstić information content (AvgIpc) is 2.65. The van der Waals surface area contributed by atoms with E-state index in [2.05, 4.69) is 36.5 Å². The van der Waals surface area contributed by atoms with Crippen LogP contribution in [0, 0.1) is 12.7 Å². The lowest BCUT2D eigenvalue weighted by atomic mass is 10.2. The Bertz CT molecular complexity index is 937. The van der Waals surface area contributed by atoms with Crippen LogP contribution in [0.5, 0.6) is 0 Å². The van der Waals surface area contributed by atoms with Gasteiger partial charge in [-0.15, -0.1) is 0 Å². The summed E-state index contributed by atoms with van der Waals surface area (Å²) in [4.78, 5) is 12.2. The van der Waals surface area contributed by atoms with Crippen LogP contribution in [-0.4, -0.2) is 39.4 Å². The normalized spacial score (nSPS) is 11.3. The van der Waals surface area contributed by atoms with Crippen molar-refractivity contribution >= 4 is 45.0 Å². The predicted molar refractivity (Wildman–Crippen MR) is 119 cm³/mol. The van der Waals surface area contributed by atoms with Crippen molar-refractivity contribution in [3.05, 3.63) is 64.4 Å². The number of anilines is 1. The second kappa shape index (κ2) is 10.8. The zero-order valence-corrected chi connectivity index (χ0v) is 18.7. The summed E-state index contributed by atoms with van der Waals surface area (Å²) in [5.41, 5.74) is 2.63. The van der Waals surface area contributed by atoms with Gasteiger partial charge in [-0.25, -0.2) is 12.8 Å². The molecule has 158 valence electrons. The van der Waals surface area contributed by atoms with Gasteiger partial charge in [0.25, 0.3) is 0 Å². The summed E-state index contributed by atoms with van der Waals surface area (Å²) in [6.07, 6.45) is 1.75. The molecule has 2 aromatic carbocycles. The van der Waals surface area contributed by atoms with Crippen LogP contribution in [0.15, 0.2) is 42.5 Å². The standard InChI is InChI=1S/C20H24ClFN2O3S2/c1-15-4-6-16(7-5-15)14-28-11-3-10-23-20(25)13-24(29(2,26)27)17-8-9-19(22)18(21)12-17/h4-9,12H,3,10-11,13-14H2,1-2H3,(H,23,25). The molecular weight excluding hydrogens is 435 g/mol. The molecule has 0 atom stereocenters. The predicted octanol–water partition coefficient (Wildman–Crippen LogP) is 3.99. The van der Waals surface area contributed by atoms with E-state index in [1.807, 2.05) is 0 Å². The van der Waals surface area contributed by atoms with E-state index in [9.17, 15) is 17.6 Å². The van der Waals surface area contributed by atoms with Crippen molar-refractivity contribution in [1.82, 2.24) is 5.32 Å². The van der Waals surface area contributed by atoms with Gasteiger partial charge in [0, 0.05) is 12.3 Å². The number of nitrogens with zero attached hydrogens (tertiary/aromatic N) is 1. The minimum atomic E-state index is -3.73. The van der Waals surface area contributed by atoms with Gasteiger partial charge in [0.1, 0.15) is 12.4 Å². The third-order valence-corrected chi connectivity index (χ3v) is 6.60. The van der Waals surface area contributed by atoms with Gasteiger partial charge >= 0.3 is 0 Å². The lowest BCUT2D eigenvalue weighted by Gasteiger charge is -2.22. The van der Waals surface area contributed by atoms with Gasteiger partial charge in [-0.1, -0.05) is 41.4 Å². The van der Waals surface area contributed by atoms with E-state index in [-0.39, 0.29) is 10.7 Å². The smallest absolute Gasteiger partial charge is 0.240 e. The van der Waals surface area contributed by atoms with E-state index < -0.39 is 28.3 Å². The van der Waals surface area contributed by atoms with Crippen LogP contribution >= 0.6 is 23.4 Å². The Morgan fingerprint density at radius 2 is 1.90 bits per heavy atom. The fourth-order valence-corrected chi connectivity index (χ4v) is 4.45. The third-order valence-electron chi connectivity index (χ3n) is 4.06. The van der Waals surface area contributed by atoms with Crippen molar-refractivity contribution in [3.63, 3.8) is 0 Å². The number of hydrogen-bond donors (Lipinski definition) is 1. The topological polar surface area (TPSA) is 66.5 Å². The van der Waals surface area contributed by atoms with Gasteiger partial charge in [-0.05, 0) is 42.9 Å². The summed E-state index contributed by atoms with van der Waals surface area (Å²) in [7, 11) is -3.73. The molecule has 0 fully saturated rings. The molecule has 1 amide bonds. The van der Waals surface area contributed by atoms with Crippen molar-refractivity contribution < 1.29 is 17.6 Å². The number of nitrogens with one attached hydrogen (secondary N) is 1. The fraction of sp³-hybridized carbons (Fsp3) is 0.350. The van der Waals surface area contributed by atoms with E-state index in [1.54, 1.807) is 11.8 Å². The molecule has 0 aliphatic carbocycles. The molecule has 0 heterocycles. The van der Waals surface area contributed by atoms with Gasteiger partial charge in [0.2, 0.25) is 15.9 Å². The van der Waals surface area contributed by atoms with E-state index in [4.69, 9.17) is 11.6 Å². The van der Waals surface area contributed by atoms with Gasteiger partial charge in [-0.2, -0.15) is 11.8 Å². The molecule has 0 aliphatic heterocycles. The minimum Gasteiger partial charge on any atom is -0.354 e. The van der Waals surface area contributed by atoms with E-state index >= 15 is 0 Å². The van der Waals surface area contributed by atoms with Gasteiger partial charge in [-0.3, -0.25) is 9.10 Å².